The lowest BCUT2D eigenvalue weighted by Crippen LogP contribution is -2.12. The minimum absolute atomic E-state index is 0.229. The topological polar surface area (TPSA) is 85.6 Å². The van der Waals surface area contributed by atoms with Crippen molar-refractivity contribution in [2.75, 3.05) is 5.32 Å². The van der Waals surface area contributed by atoms with Crippen molar-refractivity contribution in [2.45, 2.75) is 20.8 Å². The molecule has 0 saturated carbocycles. The highest BCUT2D eigenvalue weighted by atomic mass is 35.5. The maximum absolute atomic E-state index is 12.5. The molecule has 0 aliphatic carbocycles. The maximum Gasteiger partial charge on any atom is 0.257 e. The predicted molar refractivity (Wildman–Crippen MR) is 114 cm³/mol. The van der Waals surface area contributed by atoms with Gasteiger partial charge in [0.2, 0.25) is 5.13 Å². The molecule has 146 valence electrons. The Hall–Kier alpha value is -3.10. The van der Waals surface area contributed by atoms with Crippen LogP contribution in [0.4, 0.5) is 5.13 Å². The summed E-state index contributed by atoms with van der Waals surface area (Å²) in [6.07, 6.45) is 0. The highest BCUT2D eigenvalue weighted by Gasteiger charge is 2.18. The molecular weight excluding hydrogens is 408 g/mol. The molecular formula is C20H17ClN6OS. The van der Waals surface area contributed by atoms with Crippen molar-refractivity contribution in [3.8, 4) is 17.2 Å². The van der Waals surface area contributed by atoms with Gasteiger partial charge in [0.25, 0.3) is 5.91 Å². The number of carbonyl (C=O) groups is 1. The Morgan fingerprint density at radius 2 is 1.90 bits per heavy atom. The molecule has 0 radical (unpaired) electrons. The van der Waals surface area contributed by atoms with Crippen molar-refractivity contribution >= 4 is 34.2 Å². The largest absolute Gasteiger partial charge is 0.297 e. The molecule has 9 heteroatoms. The smallest absolute Gasteiger partial charge is 0.257 e. The number of hydrogen-bond donors (Lipinski definition) is 1. The predicted octanol–water partition coefficient (Wildman–Crippen LogP) is 4.62. The van der Waals surface area contributed by atoms with Gasteiger partial charge in [-0.25, -0.2) is 4.68 Å². The summed E-state index contributed by atoms with van der Waals surface area (Å²) in [6.45, 7) is 5.85. The second kappa shape index (κ2) is 7.73. The summed E-state index contributed by atoms with van der Waals surface area (Å²) in [5, 5.41) is 12.1. The molecule has 4 aromatic rings. The average molecular weight is 425 g/mol. The van der Waals surface area contributed by atoms with Crippen LogP contribution in [0.2, 0.25) is 5.02 Å². The normalized spacial score (nSPS) is 10.9. The van der Waals surface area contributed by atoms with Crippen LogP contribution in [-0.2, 0) is 0 Å². The fourth-order valence-corrected chi connectivity index (χ4v) is 3.59. The molecule has 1 N–H and O–H groups in total. The van der Waals surface area contributed by atoms with Crippen LogP contribution in [0.5, 0.6) is 0 Å². The van der Waals surface area contributed by atoms with E-state index in [1.54, 1.807) is 16.8 Å². The van der Waals surface area contributed by atoms with E-state index in [1.807, 2.05) is 51.1 Å². The van der Waals surface area contributed by atoms with Crippen LogP contribution in [0.1, 0.15) is 27.2 Å². The summed E-state index contributed by atoms with van der Waals surface area (Å²) in [6, 6.07) is 12.9. The van der Waals surface area contributed by atoms with Gasteiger partial charge in [-0.2, -0.15) is 9.36 Å². The number of para-hydroxylation sites is 1. The lowest BCUT2D eigenvalue weighted by Gasteiger charge is -2.05. The van der Waals surface area contributed by atoms with E-state index in [0.717, 1.165) is 34.0 Å². The van der Waals surface area contributed by atoms with E-state index >= 15 is 0 Å². The van der Waals surface area contributed by atoms with Gasteiger partial charge in [-0.1, -0.05) is 35.0 Å². The Balaban J connectivity index is 1.57. The van der Waals surface area contributed by atoms with Gasteiger partial charge in [0, 0.05) is 17.1 Å². The molecule has 7 nitrogen and oxygen atoms in total. The lowest BCUT2D eigenvalue weighted by atomic mass is 10.1. The quantitative estimate of drug-likeness (QED) is 0.516. The Bertz CT molecular complexity index is 1220. The molecule has 0 atom stereocenters. The Kier molecular flexibility index (Phi) is 5.12. The molecule has 0 saturated heterocycles. The molecule has 2 aromatic heterocycles. The number of rotatable bonds is 4. The third kappa shape index (κ3) is 3.76. The van der Waals surface area contributed by atoms with E-state index < -0.39 is 0 Å². The fraction of sp³-hybridized carbons (Fsp3) is 0.150. The zero-order valence-corrected chi connectivity index (χ0v) is 17.5. The number of benzene rings is 2. The van der Waals surface area contributed by atoms with Gasteiger partial charge >= 0.3 is 0 Å². The van der Waals surface area contributed by atoms with Crippen LogP contribution in [0.3, 0.4) is 0 Å². The second-order valence-electron chi connectivity index (χ2n) is 6.56. The number of amides is 1. The van der Waals surface area contributed by atoms with Gasteiger partial charge in [0.05, 0.1) is 16.4 Å². The third-order valence-corrected chi connectivity index (χ3v) is 5.55. The summed E-state index contributed by atoms with van der Waals surface area (Å²) < 4.78 is 5.97. The monoisotopic (exact) mass is 424 g/mol. The molecule has 0 fully saturated rings. The first kappa shape index (κ1) is 19.2. The molecule has 29 heavy (non-hydrogen) atoms. The number of nitrogens with zero attached hydrogens (tertiary/aromatic N) is 5. The Morgan fingerprint density at radius 1 is 1.10 bits per heavy atom. The zero-order chi connectivity index (χ0) is 20.5. The molecule has 0 spiro atoms. The molecule has 4 rings (SSSR count). The summed E-state index contributed by atoms with van der Waals surface area (Å²) in [7, 11) is 0. The van der Waals surface area contributed by atoms with Gasteiger partial charge < -0.3 is 0 Å². The first-order chi connectivity index (χ1) is 13.9. The molecule has 2 aromatic carbocycles. The third-order valence-electron chi connectivity index (χ3n) is 4.60. The summed E-state index contributed by atoms with van der Waals surface area (Å²) in [5.41, 5.74) is 4.78. The first-order valence-corrected chi connectivity index (χ1v) is 9.99. The average Bonchev–Trinajstić information content (AvgIpc) is 3.31. The molecule has 1 amide bonds. The molecule has 2 heterocycles. The van der Waals surface area contributed by atoms with Gasteiger partial charge in [-0.15, -0.1) is 5.10 Å². The minimum Gasteiger partial charge on any atom is -0.297 e. The number of halogens is 1. The van der Waals surface area contributed by atoms with Crippen LogP contribution < -0.4 is 5.32 Å². The summed E-state index contributed by atoms with van der Waals surface area (Å²) in [4.78, 5) is 16.9. The van der Waals surface area contributed by atoms with Gasteiger partial charge in [0.15, 0.2) is 11.5 Å². The minimum atomic E-state index is -0.229. The highest BCUT2D eigenvalue weighted by Crippen LogP contribution is 2.26. The summed E-state index contributed by atoms with van der Waals surface area (Å²) in [5.74, 6) is 0.174. The van der Waals surface area contributed by atoms with Gasteiger partial charge in [-0.3, -0.25) is 10.1 Å². The zero-order valence-electron chi connectivity index (χ0n) is 16.0. The van der Waals surface area contributed by atoms with E-state index in [0.29, 0.717) is 27.2 Å². The fourth-order valence-electron chi connectivity index (χ4n) is 2.81. The number of anilines is 1. The summed E-state index contributed by atoms with van der Waals surface area (Å²) >= 11 is 7.36. The van der Waals surface area contributed by atoms with Crippen LogP contribution >= 0.6 is 23.1 Å². The van der Waals surface area contributed by atoms with E-state index in [-0.39, 0.29) is 5.91 Å². The van der Waals surface area contributed by atoms with Crippen LogP contribution in [0.25, 0.3) is 17.2 Å². The number of aryl methyl sites for hydroxylation is 2. The molecule has 0 unspecified atom stereocenters. The van der Waals surface area contributed by atoms with Crippen molar-refractivity contribution in [2.24, 2.45) is 0 Å². The van der Waals surface area contributed by atoms with E-state index in [2.05, 4.69) is 25.0 Å². The van der Waals surface area contributed by atoms with Crippen molar-refractivity contribution in [3.05, 3.63) is 69.9 Å². The van der Waals surface area contributed by atoms with E-state index in [9.17, 15) is 4.79 Å². The van der Waals surface area contributed by atoms with Crippen LogP contribution in [0.15, 0.2) is 42.5 Å². The maximum atomic E-state index is 12.5. The second-order valence-corrected chi connectivity index (χ2v) is 7.72. The van der Waals surface area contributed by atoms with Gasteiger partial charge in [-0.05, 0) is 56.2 Å². The van der Waals surface area contributed by atoms with Crippen LogP contribution in [0, 0.1) is 20.8 Å². The molecule has 0 aliphatic heterocycles. The molecule has 0 aliphatic rings. The number of carbonyl (C=O) groups excluding carboxylic acids is 1. The first-order valence-electron chi connectivity index (χ1n) is 8.84. The van der Waals surface area contributed by atoms with E-state index in [1.165, 1.54) is 0 Å². The SMILES string of the molecule is Cc1ccc(C(=O)Nc2nc(-c3nnn(-c4ccccc4Cl)c3C)ns2)cc1C. The highest BCUT2D eigenvalue weighted by molar-refractivity contribution is 7.10. The van der Waals surface area contributed by atoms with Crippen molar-refractivity contribution in [1.82, 2.24) is 24.4 Å². The lowest BCUT2D eigenvalue weighted by molar-refractivity contribution is 0.102. The Morgan fingerprint density at radius 3 is 2.66 bits per heavy atom. The molecule has 0 bridgehead atoms. The standard InChI is InChI=1S/C20H17ClN6OS/c1-11-8-9-14(10-12(11)2)19(28)23-20-22-18(25-29-20)17-13(3)27(26-24-17)16-7-5-4-6-15(16)21/h4-10H,1-3H3,(H,22,23,25,28). The number of aromatic nitrogens is 5. The van der Waals surface area contributed by atoms with Crippen molar-refractivity contribution in [3.63, 3.8) is 0 Å². The van der Waals surface area contributed by atoms with Crippen LogP contribution in [-0.4, -0.2) is 30.3 Å². The van der Waals surface area contributed by atoms with E-state index in [4.69, 9.17) is 11.6 Å². The number of nitrogens with one attached hydrogen (secondary N) is 1. The number of hydrogen-bond acceptors (Lipinski definition) is 6. The van der Waals surface area contributed by atoms with Crippen molar-refractivity contribution in [1.29, 1.82) is 0 Å². The Labute approximate surface area is 176 Å². The van der Waals surface area contributed by atoms with Crippen molar-refractivity contribution < 1.29 is 4.79 Å². The van der Waals surface area contributed by atoms with Gasteiger partial charge in [0.1, 0.15) is 0 Å².